The molecule has 0 aromatic heterocycles. The number of nitriles is 1. The average Bonchev–Trinajstić information content (AvgIpc) is 1.68. The quantitative estimate of drug-likeness (QED) is 0.489. The molecule has 0 amide bonds. The fourth-order valence-electron chi connectivity index (χ4n) is 0.498. The first-order valence-electron chi connectivity index (χ1n) is 2.70. The number of rotatable bonds is 2. The third kappa shape index (κ3) is 3.54. The predicted molar refractivity (Wildman–Crippen MR) is 34.1 cm³/mol. The SMILES string of the molecule is CC[SiH2]C(C)C#N. The first-order chi connectivity index (χ1) is 3.31. The molecule has 1 unspecified atom stereocenters. The van der Waals surface area contributed by atoms with Crippen LogP contribution in [0.4, 0.5) is 0 Å². The second kappa shape index (κ2) is 3.88. The minimum Gasteiger partial charge on any atom is -0.198 e. The normalized spacial score (nSPS) is 14.4. The van der Waals surface area contributed by atoms with Gasteiger partial charge in [-0.1, -0.05) is 19.9 Å². The molecule has 1 nitrogen and oxygen atoms in total. The van der Waals surface area contributed by atoms with E-state index in [1.54, 1.807) is 0 Å². The Kier molecular flexibility index (Phi) is 3.72. The Balaban J connectivity index is 3.04. The minimum atomic E-state index is -0.0150. The second-order valence-corrected chi connectivity index (χ2v) is 4.62. The molecule has 0 radical (unpaired) electrons. The molecule has 0 aliphatic carbocycles. The largest absolute Gasteiger partial charge is 0.198 e. The van der Waals surface area contributed by atoms with Crippen molar-refractivity contribution < 1.29 is 0 Å². The molecule has 0 spiro atoms. The lowest BCUT2D eigenvalue weighted by atomic mass is 10.5. The fourth-order valence-corrected chi connectivity index (χ4v) is 1.49. The smallest absolute Gasteiger partial charge is 0.0614 e. The number of nitrogens with zero attached hydrogens (tertiary/aromatic N) is 1. The standard InChI is InChI=1S/C5H11NSi/c1-3-7-5(2)4-6/h5H,3,7H2,1-2H3. The Morgan fingerprint density at radius 2 is 2.43 bits per heavy atom. The van der Waals surface area contributed by atoms with E-state index in [0.717, 1.165) is 0 Å². The van der Waals surface area contributed by atoms with E-state index in [9.17, 15) is 0 Å². The zero-order chi connectivity index (χ0) is 5.70. The van der Waals surface area contributed by atoms with Crippen molar-refractivity contribution in [1.82, 2.24) is 0 Å². The maximum atomic E-state index is 8.25. The van der Waals surface area contributed by atoms with Crippen molar-refractivity contribution in [2.24, 2.45) is 0 Å². The van der Waals surface area contributed by atoms with E-state index >= 15 is 0 Å². The molecular formula is C5H11NSi. The highest BCUT2D eigenvalue weighted by Crippen LogP contribution is 1.98. The van der Waals surface area contributed by atoms with Crippen LogP contribution in [0, 0.1) is 11.3 Å². The molecule has 0 rings (SSSR count). The topological polar surface area (TPSA) is 23.8 Å². The molecular weight excluding hydrogens is 102 g/mol. The molecule has 0 aliphatic heterocycles. The maximum absolute atomic E-state index is 8.25. The number of hydrogen-bond donors (Lipinski definition) is 0. The van der Waals surface area contributed by atoms with E-state index in [4.69, 9.17) is 5.26 Å². The molecule has 40 valence electrons. The molecule has 0 aromatic rings. The van der Waals surface area contributed by atoms with Crippen LogP contribution >= 0.6 is 0 Å². The summed E-state index contributed by atoms with van der Waals surface area (Å²) in [7, 11) is -0.0150. The van der Waals surface area contributed by atoms with E-state index < -0.39 is 0 Å². The van der Waals surface area contributed by atoms with Crippen molar-refractivity contribution in [2.75, 3.05) is 0 Å². The summed E-state index contributed by atoms with van der Waals surface area (Å²) in [6.45, 7) is 4.16. The highest BCUT2D eigenvalue weighted by Gasteiger charge is 1.94. The van der Waals surface area contributed by atoms with Gasteiger partial charge in [0.05, 0.1) is 6.07 Å². The van der Waals surface area contributed by atoms with Gasteiger partial charge in [0.25, 0.3) is 0 Å². The van der Waals surface area contributed by atoms with E-state index in [1.165, 1.54) is 6.04 Å². The predicted octanol–water partition coefficient (Wildman–Crippen LogP) is 0.925. The van der Waals surface area contributed by atoms with Gasteiger partial charge in [0.1, 0.15) is 0 Å². The molecule has 0 bridgehead atoms. The molecule has 0 saturated heterocycles. The molecule has 2 heteroatoms. The third-order valence-electron chi connectivity index (χ3n) is 0.942. The van der Waals surface area contributed by atoms with Crippen LogP contribution in [0.15, 0.2) is 0 Å². The van der Waals surface area contributed by atoms with Crippen molar-refractivity contribution in [1.29, 1.82) is 5.26 Å². The van der Waals surface area contributed by atoms with Crippen LogP contribution in [-0.4, -0.2) is 9.52 Å². The molecule has 0 fully saturated rings. The van der Waals surface area contributed by atoms with Gasteiger partial charge in [0.15, 0.2) is 0 Å². The summed E-state index contributed by atoms with van der Waals surface area (Å²) in [6, 6.07) is 3.49. The Hall–Kier alpha value is -0.293. The van der Waals surface area contributed by atoms with Crippen molar-refractivity contribution in [3.8, 4) is 6.07 Å². The summed E-state index contributed by atoms with van der Waals surface area (Å²) in [5.74, 6) is 0. The first-order valence-corrected chi connectivity index (χ1v) is 4.52. The lowest BCUT2D eigenvalue weighted by Crippen LogP contribution is -1.92. The Morgan fingerprint density at radius 1 is 1.86 bits per heavy atom. The molecule has 0 heterocycles. The van der Waals surface area contributed by atoms with Crippen LogP contribution in [0.25, 0.3) is 0 Å². The summed E-state index contributed by atoms with van der Waals surface area (Å²) >= 11 is 0. The Bertz CT molecular complexity index is 74.6. The third-order valence-corrected chi connectivity index (χ3v) is 2.57. The van der Waals surface area contributed by atoms with E-state index in [-0.39, 0.29) is 9.52 Å². The highest BCUT2D eigenvalue weighted by molar-refractivity contribution is 6.38. The van der Waals surface area contributed by atoms with Crippen molar-refractivity contribution in [3.63, 3.8) is 0 Å². The zero-order valence-electron chi connectivity index (χ0n) is 4.94. The van der Waals surface area contributed by atoms with Gasteiger partial charge >= 0.3 is 0 Å². The van der Waals surface area contributed by atoms with E-state index in [0.29, 0.717) is 5.54 Å². The lowest BCUT2D eigenvalue weighted by molar-refractivity contribution is 1.17. The summed E-state index contributed by atoms with van der Waals surface area (Å²) in [5, 5.41) is 8.25. The average molecular weight is 113 g/mol. The summed E-state index contributed by atoms with van der Waals surface area (Å²) in [5.41, 5.74) is 0.394. The molecule has 1 atom stereocenters. The monoisotopic (exact) mass is 113 g/mol. The van der Waals surface area contributed by atoms with Crippen LogP contribution < -0.4 is 0 Å². The van der Waals surface area contributed by atoms with Gasteiger partial charge in [-0.15, -0.1) is 0 Å². The van der Waals surface area contributed by atoms with Gasteiger partial charge < -0.3 is 0 Å². The van der Waals surface area contributed by atoms with Crippen LogP contribution in [0.5, 0.6) is 0 Å². The lowest BCUT2D eigenvalue weighted by Gasteiger charge is -1.91. The van der Waals surface area contributed by atoms with Gasteiger partial charge in [-0.25, -0.2) is 0 Å². The summed E-state index contributed by atoms with van der Waals surface area (Å²) in [6.07, 6.45) is 0. The van der Waals surface area contributed by atoms with Crippen LogP contribution in [0.3, 0.4) is 0 Å². The highest BCUT2D eigenvalue weighted by atomic mass is 28.2. The summed E-state index contributed by atoms with van der Waals surface area (Å²) < 4.78 is 0. The van der Waals surface area contributed by atoms with Crippen molar-refractivity contribution >= 4 is 9.52 Å². The molecule has 0 saturated carbocycles. The number of hydrogen-bond acceptors (Lipinski definition) is 1. The zero-order valence-corrected chi connectivity index (χ0v) is 6.35. The second-order valence-electron chi connectivity index (χ2n) is 1.82. The van der Waals surface area contributed by atoms with Crippen LogP contribution in [0.2, 0.25) is 11.6 Å². The van der Waals surface area contributed by atoms with E-state index in [2.05, 4.69) is 13.0 Å². The van der Waals surface area contributed by atoms with Crippen molar-refractivity contribution in [2.45, 2.75) is 25.4 Å². The van der Waals surface area contributed by atoms with Gasteiger partial charge in [-0.3, -0.25) is 0 Å². The Morgan fingerprint density at radius 3 is 2.57 bits per heavy atom. The van der Waals surface area contributed by atoms with Gasteiger partial charge in [-0.2, -0.15) is 5.26 Å². The van der Waals surface area contributed by atoms with Gasteiger partial charge in [0.2, 0.25) is 0 Å². The maximum Gasteiger partial charge on any atom is 0.0614 e. The molecule has 7 heavy (non-hydrogen) atoms. The minimum absolute atomic E-state index is 0.0150. The first kappa shape index (κ1) is 6.71. The molecule has 0 aliphatic rings. The molecule has 0 N–H and O–H groups in total. The summed E-state index contributed by atoms with van der Waals surface area (Å²) in [4.78, 5) is 0. The van der Waals surface area contributed by atoms with Gasteiger partial charge in [-0.05, 0) is 0 Å². The van der Waals surface area contributed by atoms with Gasteiger partial charge in [0, 0.05) is 15.1 Å². The van der Waals surface area contributed by atoms with Crippen LogP contribution in [-0.2, 0) is 0 Å². The fraction of sp³-hybridized carbons (Fsp3) is 0.800. The van der Waals surface area contributed by atoms with Crippen molar-refractivity contribution in [3.05, 3.63) is 0 Å². The van der Waals surface area contributed by atoms with Crippen LogP contribution in [0.1, 0.15) is 13.8 Å². The molecule has 0 aromatic carbocycles. The van der Waals surface area contributed by atoms with E-state index in [1.807, 2.05) is 6.92 Å². The Labute approximate surface area is 47.2 Å².